The van der Waals surface area contributed by atoms with E-state index in [4.69, 9.17) is 25.8 Å². The number of halogens is 1. The van der Waals surface area contributed by atoms with Crippen molar-refractivity contribution in [1.82, 2.24) is 19.8 Å². The van der Waals surface area contributed by atoms with E-state index in [2.05, 4.69) is 20.5 Å². The number of fused-ring (bicyclic) bond motifs is 1. The standard InChI is InChI=1S/C21H20ClN5O4/c1-13-9-19-24-20(26-27(19)25-13)14-3-6-16(7-4-14)23-11-30-12-31-21(28)17-8-5-15(22)10-18(17)29-2/h3-10,23H,11-12H2,1-2H3,(H,24,26). The predicted molar refractivity (Wildman–Crippen MR) is 115 cm³/mol. The highest BCUT2D eigenvalue weighted by atomic mass is 35.5. The van der Waals surface area contributed by atoms with E-state index in [0.717, 1.165) is 28.4 Å². The molecule has 2 aromatic heterocycles. The molecule has 2 aromatic carbocycles. The molecule has 0 amide bonds. The minimum absolute atomic E-state index is 0.165. The molecule has 2 heterocycles. The topological polar surface area (TPSA) is 103 Å². The van der Waals surface area contributed by atoms with E-state index >= 15 is 0 Å². The number of hydrogen-bond acceptors (Lipinski definition) is 7. The van der Waals surface area contributed by atoms with Gasteiger partial charge in [-0.1, -0.05) is 11.6 Å². The first-order valence-corrected chi connectivity index (χ1v) is 9.76. The molecule has 0 aliphatic carbocycles. The molecule has 2 N–H and O–H groups in total. The largest absolute Gasteiger partial charge is 0.496 e. The lowest BCUT2D eigenvalue weighted by molar-refractivity contribution is -0.0261. The Labute approximate surface area is 182 Å². The van der Waals surface area contributed by atoms with Gasteiger partial charge in [0.2, 0.25) is 0 Å². The van der Waals surface area contributed by atoms with Crippen LogP contribution in [0.3, 0.4) is 0 Å². The van der Waals surface area contributed by atoms with Gasteiger partial charge >= 0.3 is 5.97 Å². The Morgan fingerprint density at radius 3 is 2.71 bits per heavy atom. The molecule has 9 nitrogen and oxygen atoms in total. The SMILES string of the molecule is COc1cc(Cl)ccc1C(=O)OCOCNc1ccc(-c2nn3nc(C)cc3[nH]2)cc1. The van der Waals surface area contributed by atoms with Crippen LogP contribution in [0.2, 0.25) is 5.02 Å². The monoisotopic (exact) mass is 441 g/mol. The maximum Gasteiger partial charge on any atom is 0.344 e. The number of benzene rings is 2. The number of ether oxygens (including phenoxy) is 3. The van der Waals surface area contributed by atoms with Crippen molar-refractivity contribution in [2.75, 3.05) is 26.0 Å². The first kappa shape index (κ1) is 20.7. The van der Waals surface area contributed by atoms with Gasteiger partial charge in [-0.15, -0.1) is 9.73 Å². The van der Waals surface area contributed by atoms with E-state index in [9.17, 15) is 4.79 Å². The molecule has 0 aliphatic heterocycles. The van der Waals surface area contributed by atoms with E-state index in [1.807, 2.05) is 37.3 Å². The van der Waals surface area contributed by atoms with Gasteiger partial charge in [0.25, 0.3) is 0 Å². The number of aromatic amines is 1. The summed E-state index contributed by atoms with van der Waals surface area (Å²) in [5.41, 5.74) is 3.80. The van der Waals surface area contributed by atoms with Gasteiger partial charge in [0.15, 0.2) is 18.3 Å². The summed E-state index contributed by atoms with van der Waals surface area (Å²) < 4.78 is 17.2. The van der Waals surface area contributed by atoms with Crippen LogP contribution in [0.25, 0.3) is 17.0 Å². The molecule has 160 valence electrons. The van der Waals surface area contributed by atoms with E-state index < -0.39 is 5.97 Å². The van der Waals surface area contributed by atoms with Crippen molar-refractivity contribution < 1.29 is 19.0 Å². The number of H-pyrrole nitrogens is 1. The smallest absolute Gasteiger partial charge is 0.344 e. The summed E-state index contributed by atoms with van der Waals surface area (Å²) in [4.78, 5) is 15.4. The molecule has 0 spiro atoms. The fourth-order valence-corrected chi connectivity index (χ4v) is 3.11. The van der Waals surface area contributed by atoms with Gasteiger partial charge < -0.3 is 24.5 Å². The summed E-state index contributed by atoms with van der Waals surface area (Å²) in [7, 11) is 1.46. The van der Waals surface area contributed by atoms with Crippen LogP contribution in [0, 0.1) is 6.92 Å². The number of aromatic nitrogens is 4. The number of hydrogen-bond donors (Lipinski definition) is 2. The fraction of sp³-hybridized carbons (Fsp3) is 0.190. The number of methoxy groups -OCH3 is 1. The number of carbonyl (C=O) groups is 1. The molecule has 0 bridgehead atoms. The highest BCUT2D eigenvalue weighted by molar-refractivity contribution is 6.30. The van der Waals surface area contributed by atoms with Crippen molar-refractivity contribution in [1.29, 1.82) is 0 Å². The second kappa shape index (κ2) is 9.07. The van der Waals surface area contributed by atoms with Gasteiger partial charge in [-0.3, -0.25) is 0 Å². The maximum absolute atomic E-state index is 12.1. The molecular weight excluding hydrogens is 422 g/mol. The zero-order chi connectivity index (χ0) is 21.8. The van der Waals surface area contributed by atoms with Crippen molar-refractivity contribution in [3.8, 4) is 17.1 Å². The normalized spacial score (nSPS) is 10.9. The summed E-state index contributed by atoms with van der Waals surface area (Å²) in [6.45, 7) is 1.87. The summed E-state index contributed by atoms with van der Waals surface area (Å²) in [6, 6.07) is 14.3. The zero-order valence-electron chi connectivity index (χ0n) is 16.9. The Morgan fingerprint density at radius 2 is 1.97 bits per heavy atom. The third kappa shape index (κ3) is 4.79. The Kier molecular flexibility index (Phi) is 6.06. The van der Waals surface area contributed by atoms with Crippen LogP contribution in [0.5, 0.6) is 5.75 Å². The number of esters is 1. The van der Waals surface area contributed by atoms with Crippen LogP contribution in [-0.2, 0) is 9.47 Å². The zero-order valence-corrected chi connectivity index (χ0v) is 17.6. The summed E-state index contributed by atoms with van der Waals surface area (Å²) in [5.74, 6) is 0.517. The highest BCUT2D eigenvalue weighted by Gasteiger charge is 2.14. The molecule has 0 fully saturated rings. The van der Waals surface area contributed by atoms with Gasteiger partial charge in [0.1, 0.15) is 18.0 Å². The second-order valence-corrected chi connectivity index (χ2v) is 7.07. The van der Waals surface area contributed by atoms with Gasteiger partial charge in [-0.2, -0.15) is 5.10 Å². The number of nitrogens with zero attached hydrogens (tertiary/aromatic N) is 3. The molecule has 31 heavy (non-hydrogen) atoms. The molecule has 0 atom stereocenters. The molecule has 0 aliphatic rings. The van der Waals surface area contributed by atoms with Crippen LogP contribution in [0.15, 0.2) is 48.5 Å². The second-order valence-electron chi connectivity index (χ2n) is 6.63. The Balaban J connectivity index is 1.24. The van der Waals surface area contributed by atoms with Crippen LogP contribution in [0.1, 0.15) is 16.1 Å². The third-order valence-corrected chi connectivity index (χ3v) is 4.68. The predicted octanol–water partition coefficient (Wildman–Crippen LogP) is 3.90. The maximum atomic E-state index is 12.1. The van der Waals surface area contributed by atoms with Crippen molar-refractivity contribution in [3.05, 3.63) is 64.8 Å². The van der Waals surface area contributed by atoms with Crippen LogP contribution < -0.4 is 10.1 Å². The lowest BCUT2D eigenvalue weighted by atomic mass is 10.2. The van der Waals surface area contributed by atoms with Gasteiger partial charge in [-0.25, -0.2) is 4.79 Å². The van der Waals surface area contributed by atoms with Crippen LogP contribution in [0.4, 0.5) is 5.69 Å². The van der Waals surface area contributed by atoms with Crippen molar-refractivity contribution in [3.63, 3.8) is 0 Å². The van der Waals surface area contributed by atoms with Crippen molar-refractivity contribution in [2.24, 2.45) is 0 Å². The number of aryl methyl sites for hydroxylation is 1. The molecular formula is C21H20ClN5O4. The lowest BCUT2D eigenvalue weighted by Crippen LogP contribution is -2.13. The summed E-state index contributed by atoms with van der Waals surface area (Å²) in [5, 5.41) is 12.3. The van der Waals surface area contributed by atoms with Gasteiger partial charge in [-0.05, 0) is 49.4 Å². The molecule has 0 radical (unpaired) electrons. The number of nitrogens with one attached hydrogen (secondary N) is 2. The minimum atomic E-state index is -0.558. The van der Waals surface area contributed by atoms with E-state index in [-0.39, 0.29) is 19.1 Å². The average Bonchev–Trinajstić information content (AvgIpc) is 3.31. The highest BCUT2D eigenvalue weighted by Crippen LogP contribution is 2.24. The fourth-order valence-electron chi connectivity index (χ4n) is 2.95. The first-order valence-electron chi connectivity index (χ1n) is 9.39. The van der Waals surface area contributed by atoms with E-state index in [1.165, 1.54) is 7.11 Å². The molecule has 0 unspecified atom stereocenters. The van der Waals surface area contributed by atoms with E-state index in [0.29, 0.717) is 10.8 Å². The average molecular weight is 442 g/mol. The van der Waals surface area contributed by atoms with E-state index in [1.54, 1.807) is 22.8 Å². The Bertz CT molecular complexity index is 1170. The molecule has 10 heteroatoms. The molecule has 4 rings (SSSR count). The molecule has 0 saturated heterocycles. The number of anilines is 1. The van der Waals surface area contributed by atoms with Gasteiger partial charge in [0.05, 0.1) is 12.8 Å². The molecule has 4 aromatic rings. The minimum Gasteiger partial charge on any atom is -0.496 e. The Hall–Kier alpha value is -3.56. The van der Waals surface area contributed by atoms with Crippen molar-refractivity contribution >= 4 is 28.9 Å². The lowest BCUT2D eigenvalue weighted by Gasteiger charge is -2.10. The van der Waals surface area contributed by atoms with Crippen molar-refractivity contribution in [2.45, 2.75) is 6.92 Å². The summed E-state index contributed by atoms with van der Waals surface area (Å²) in [6.07, 6.45) is 0. The van der Waals surface area contributed by atoms with Gasteiger partial charge in [0, 0.05) is 22.3 Å². The number of rotatable bonds is 8. The molecule has 0 saturated carbocycles. The third-order valence-electron chi connectivity index (χ3n) is 4.45. The first-order chi connectivity index (χ1) is 15.0. The Morgan fingerprint density at radius 1 is 1.16 bits per heavy atom. The quantitative estimate of drug-likeness (QED) is 0.243. The summed E-state index contributed by atoms with van der Waals surface area (Å²) >= 11 is 5.89. The van der Waals surface area contributed by atoms with Crippen LogP contribution in [-0.4, -0.2) is 46.4 Å². The van der Waals surface area contributed by atoms with Crippen LogP contribution >= 0.6 is 11.6 Å². The number of carbonyl (C=O) groups excluding carboxylic acids is 1.